The van der Waals surface area contributed by atoms with Gasteiger partial charge in [0.05, 0.1) is 6.04 Å². The van der Waals surface area contributed by atoms with Gasteiger partial charge < -0.3 is 10.3 Å². The topological polar surface area (TPSA) is 43.8 Å². The number of aromatic nitrogens is 2. The third kappa shape index (κ3) is 1.89. The smallest absolute Gasteiger partial charge is 0.115 e. The van der Waals surface area contributed by atoms with Crippen molar-refractivity contribution >= 4 is 11.3 Å². The Bertz CT molecular complexity index is 555. The zero-order valence-corrected chi connectivity index (χ0v) is 11.7. The average Bonchev–Trinajstić information content (AvgIpc) is 2.95. The highest BCUT2D eigenvalue weighted by Crippen LogP contribution is 2.32. The second kappa shape index (κ2) is 4.52. The standard InChI is InChI=1S/C14H19N3S/c1-9-8-18-14(16-9)10(2)17-7-6-11-12(15)4-3-5-13(11)17/h6-8,10,12H,3-5,15H2,1-2H3. The van der Waals surface area contributed by atoms with Crippen LogP contribution < -0.4 is 5.73 Å². The molecule has 2 aromatic rings. The summed E-state index contributed by atoms with van der Waals surface area (Å²) in [7, 11) is 0. The molecule has 3 rings (SSSR count). The van der Waals surface area contributed by atoms with Crippen LogP contribution in [0.1, 0.15) is 53.8 Å². The summed E-state index contributed by atoms with van der Waals surface area (Å²) in [5.74, 6) is 0. The molecule has 2 N–H and O–H groups in total. The zero-order chi connectivity index (χ0) is 12.7. The maximum Gasteiger partial charge on any atom is 0.115 e. The Labute approximate surface area is 112 Å². The van der Waals surface area contributed by atoms with Crippen molar-refractivity contribution in [2.45, 2.75) is 45.2 Å². The number of hydrogen-bond donors (Lipinski definition) is 1. The van der Waals surface area contributed by atoms with Crippen LogP contribution >= 0.6 is 11.3 Å². The lowest BCUT2D eigenvalue weighted by atomic mass is 9.93. The SMILES string of the molecule is Cc1csc(C(C)n2ccc3c2CCCC3N)n1. The zero-order valence-electron chi connectivity index (χ0n) is 10.9. The molecule has 0 saturated heterocycles. The minimum absolute atomic E-state index is 0.222. The van der Waals surface area contributed by atoms with Crippen LogP contribution in [-0.4, -0.2) is 9.55 Å². The first-order valence-corrected chi connectivity index (χ1v) is 7.42. The Kier molecular flexibility index (Phi) is 2.99. The first kappa shape index (κ1) is 11.9. The third-order valence-corrected chi connectivity index (χ3v) is 4.93. The van der Waals surface area contributed by atoms with E-state index < -0.39 is 0 Å². The monoisotopic (exact) mass is 261 g/mol. The molecule has 1 aliphatic rings. The Morgan fingerprint density at radius 1 is 1.56 bits per heavy atom. The summed E-state index contributed by atoms with van der Waals surface area (Å²) in [4.78, 5) is 4.60. The molecule has 0 aliphatic heterocycles. The van der Waals surface area contributed by atoms with Crippen molar-refractivity contribution in [3.8, 4) is 0 Å². The number of nitrogens with two attached hydrogens (primary N) is 1. The molecule has 0 amide bonds. The lowest BCUT2D eigenvalue weighted by molar-refractivity contribution is 0.524. The molecule has 1 aliphatic carbocycles. The molecule has 0 spiro atoms. The van der Waals surface area contributed by atoms with Crippen molar-refractivity contribution < 1.29 is 0 Å². The van der Waals surface area contributed by atoms with Crippen molar-refractivity contribution in [3.63, 3.8) is 0 Å². The van der Waals surface area contributed by atoms with E-state index in [1.165, 1.54) is 22.7 Å². The number of hydrogen-bond acceptors (Lipinski definition) is 3. The largest absolute Gasteiger partial charge is 0.342 e. The molecule has 96 valence electrons. The van der Waals surface area contributed by atoms with E-state index in [0.29, 0.717) is 6.04 Å². The van der Waals surface area contributed by atoms with Gasteiger partial charge in [0.2, 0.25) is 0 Å². The van der Waals surface area contributed by atoms with Gasteiger partial charge in [0.15, 0.2) is 0 Å². The summed E-state index contributed by atoms with van der Waals surface area (Å²) < 4.78 is 2.35. The van der Waals surface area contributed by atoms with Crippen LogP contribution in [0.25, 0.3) is 0 Å². The fourth-order valence-corrected chi connectivity index (χ4v) is 3.65. The molecule has 0 aromatic carbocycles. The van der Waals surface area contributed by atoms with Crippen LogP contribution in [0.5, 0.6) is 0 Å². The molecule has 0 saturated carbocycles. The van der Waals surface area contributed by atoms with E-state index in [2.05, 4.69) is 34.1 Å². The second-order valence-electron chi connectivity index (χ2n) is 5.13. The van der Waals surface area contributed by atoms with Crippen molar-refractivity contribution in [1.82, 2.24) is 9.55 Å². The van der Waals surface area contributed by atoms with E-state index in [-0.39, 0.29) is 6.04 Å². The Hall–Kier alpha value is -1.13. The van der Waals surface area contributed by atoms with Crippen molar-refractivity contribution in [2.24, 2.45) is 5.73 Å². The summed E-state index contributed by atoms with van der Waals surface area (Å²) in [6.45, 7) is 4.27. The molecule has 4 heteroatoms. The van der Waals surface area contributed by atoms with Gasteiger partial charge in [-0.05, 0) is 44.7 Å². The van der Waals surface area contributed by atoms with Crippen molar-refractivity contribution in [1.29, 1.82) is 0 Å². The van der Waals surface area contributed by atoms with Crippen LogP contribution in [0.15, 0.2) is 17.6 Å². The molecule has 2 aromatic heterocycles. The average molecular weight is 261 g/mol. The summed E-state index contributed by atoms with van der Waals surface area (Å²) in [5.41, 5.74) is 10.0. The van der Waals surface area contributed by atoms with Gasteiger partial charge in [-0.25, -0.2) is 4.98 Å². The van der Waals surface area contributed by atoms with Gasteiger partial charge in [-0.2, -0.15) is 0 Å². The summed E-state index contributed by atoms with van der Waals surface area (Å²) >= 11 is 1.74. The molecule has 3 nitrogen and oxygen atoms in total. The van der Waals surface area contributed by atoms with Gasteiger partial charge in [-0.1, -0.05) is 0 Å². The summed E-state index contributed by atoms with van der Waals surface area (Å²) in [6, 6.07) is 2.73. The third-order valence-electron chi connectivity index (χ3n) is 3.80. The molecule has 0 fully saturated rings. The molecule has 18 heavy (non-hydrogen) atoms. The molecule has 0 radical (unpaired) electrons. The van der Waals surface area contributed by atoms with E-state index in [9.17, 15) is 0 Å². The quantitative estimate of drug-likeness (QED) is 0.902. The number of rotatable bonds is 2. The predicted molar refractivity (Wildman–Crippen MR) is 75.0 cm³/mol. The van der Waals surface area contributed by atoms with Crippen LogP contribution in [0.2, 0.25) is 0 Å². The van der Waals surface area contributed by atoms with Gasteiger partial charge in [0.1, 0.15) is 5.01 Å². The van der Waals surface area contributed by atoms with Gasteiger partial charge in [0.25, 0.3) is 0 Å². The highest BCUT2D eigenvalue weighted by atomic mass is 32.1. The summed E-state index contributed by atoms with van der Waals surface area (Å²) in [5, 5.41) is 3.30. The van der Waals surface area contributed by atoms with Crippen LogP contribution in [0.3, 0.4) is 0 Å². The molecule has 2 unspecified atom stereocenters. The van der Waals surface area contributed by atoms with Crippen molar-refractivity contribution in [3.05, 3.63) is 39.6 Å². The minimum atomic E-state index is 0.222. The molecule has 2 atom stereocenters. The number of nitrogens with zero attached hydrogens (tertiary/aromatic N) is 2. The molecule has 0 bridgehead atoms. The van der Waals surface area contributed by atoms with E-state index in [1.807, 2.05) is 6.92 Å². The predicted octanol–water partition coefficient (Wildman–Crippen LogP) is 3.20. The van der Waals surface area contributed by atoms with E-state index in [4.69, 9.17) is 5.73 Å². The van der Waals surface area contributed by atoms with Crippen LogP contribution in [-0.2, 0) is 6.42 Å². The fraction of sp³-hybridized carbons (Fsp3) is 0.500. The van der Waals surface area contributed by atoms with Gasteiger partial charge in [-0.15, -0.1) is 11.3 Å². The molecule has 2 heterocycles. The fourth-order valence-electron chi connectivity index (χ4n) is 2.80. The first-order valence-electron chi connectivity index (χ1n) is 6.54. The van der Waals surface area contributed by atoms with Crippen LogP contribution in [0.4, 0.5) is 0 Å². The van der Waals surface area contributed by atoms with Gasteiger partial charge in [-0.3, -0.25) is 0 Å². The maximum atomic E-state index is 6.18. The lowest BCUT2D eigenvalue weighted by Gasteiger charge is -2.23. The Morgan fingerprint density at radius 3 is 3.11 bits per heavy atom. The highest BCUT2D eigenvalue weighted by Gasteiger charge is 2.23. The number of thiazole rings is 1. The number of fused-ring (bicyclic) bond motifs is 1. The maximum absolute atomic E-state index is 6.18. The van der Waals surface area contributed by atoms with Gasteiger partial charge >= 0.3 is 0 Å². The first-order chi connectivity index (χ1) is 8.66. The highest BCUT2D eigenvalue weighted by molar-refractivity contribution is 7.09. The lowest BCUT2D eigenvalue weighted by Crippen LogP contribution is -2.19. The molecular formula is C14H19N3S. The second-order valence-corrected chi connectivity index (χ2v) is 6.02. The normalized spacial score (nSPS) is 20.7. The van der Waals surface area contributed by atoms with E-state index >= 15 is 0 Å². The molecular weight excluding hydrogens is 242 g/mol. The van der Waals surface area contributed by atoms with Crippen LogP contribution in [0, 0.1) is 6.92 Å². The Morgan fingerprint density at radius 2 is 2.39 bits per heavy atom. The number of aryl methyl sites for hydroxylation is 1. The van der Waals surface area contributed by atoms with E-state index in [0.717, 1.165) is 18.5 Å². The Balaban J connectivity index is 1.97. The van der Waals surface area contributed by atoms with E-state index in [1.54, 1.807) is 11.3 Å². The minimum Gasteiger partial charge on any atom is -0.342 e. The summed E-state index contributed by atoms with van der Waals surface area (Å²) in [6.07, 6.45) is 5.63. The van der Waals surface area contributed by atoms with Gasteiger partial charge in [0, 0.05) is 29.0 Å². The van der Waals surface area contributed by atoms with Crippen molar-refractivity contribution in [2.75, 3.05) is 0 Å².